The fourth-order valence-corrected chi connectivity index (χ4v) is 2.76. The molecule has 0 aliphatic carbocycles. The molecule has 146 valence electrons. The van der Waals surface area contributed by atoms with Crippen LogP contribution in [0.5, 0.6) is 23.0 Å². The lowest BCUT2D eigenvalue weighted by molar-refractivity contribution is 0.0936. The second-order valence-electron chi connectivity index (χ2n) is 5.81. The van der Waals surface area contributed by atoms with Crippen LogP contribution in [-0.2, 0) is 0 Å². The van der Waals surface area contributed by atoms with Crippen LogP contribution in [0.1, 0.15) is 42.7 Å². The SMILES string of the molecule is CCOc1ccc([C@H](C)NC(=O)c2cccc(OC)c2OC)cc1OCC. The third-order valence-corrected chi connectivity index (χ3v) is 4.06. The van der Waals surface area contributed by atoms with Gasteiger partial charge in [0.2, 0.25) is 0 Å². The Morgan fingerprint density at radius 3 is 2.30 bits per heavy atom. The summed E-state index contributed by atoms with van der Waals surface area (Å²) in [7, 11) is 3.05. The summed E-state index contributed by atoms with van der Waals surface area (Å²) >= 11 is 0. The lowest BCUT2D eigenvalue weighted by Gasteiger charge is -2.19. The molecule has 0 aliphatic heterocycles. The van der Waals surface area contributed by atoms with Gasteiger partial charge in [0.1, 0.15) is 0 Å². The highest BCUT2D eigenvalue weighted by molar-refractivity contribution is 5.98. The summed E-state index contributed by atoms with van der Waals surface area (Å²) in [5.74, 6) is 2.03. The summed E-state index contributed by atoms with van der Waals surface area (Å²) in [6, 6.07) is 10.6. The smallest absolute Gasteiger partial charge is 0.255 e. The molecule has 0 bridgehead atoms. The molecule has 0 radical (unpaired) electrons. The van der Waals surface area contributed by atoms with Gasteiger partial charge >= 0.3 is 0 Å². The van der Waals surface area contributed by atoms with E-state index in [1.54, 1.807) is 18.2 Å². The van der Waals surface area contributed by atoms with Crippen LogP contribution in [0, 0.1) is 0 Å². The maximum absolute atomic E-state index is 12.8. The zero-order valence-electron chi connectivity index (χ0n) is 16.5. The Morgan fingerprint density at radius 2 is 1.67 bits per heavy atom. The molecule has 0 heterocycles. The van der Waals surface area contributed by atoms with Crippen molar-refractivity contribution in [1.29, 1.82) is 0 Å². The van der Waals surface area contributed by atoms with Crippen molar-refractivity contribution in [1.82, 2.24) is 5.32 Å². The van der Waals surface area contributed by atoms with Crippen molar-refractivity contribution in [2.24, 2.45) is 0 Å². The Bertz CT molecular complexity index is 775. The maximum Gasteiger partial charge on any atom is 0.255 e. The van der Waals surface area contributed by atoms with Crippen molar-refractivity contribution in [3.05, 3.63) is 47.5 Å². The van der Waals surface area contributed by atoms with Gasteiger partial charge in [0.25, 0.3) is 5.91 Å². The summed E-state index contributed by atoms with van der Waals surface area (Å²) in [5, 5.41) is 2.99. The molecule has 1 amide bonds. The van der Waals surface area contributed by atoms with Crippen LogP contribution in [0.2, 0.25) is 0 Å². The zero-order chi connectivity index (χ0) is 19.8. The van der Waals surface area contributed by atoms with E-state index < -0.39 is 0 Å². The number of hydrogen-bond acceptors (Lipinski definition) is 5. The molecule has 0 aliphatic rings. The number of ether oxygens (including phenoxy) is 4. The minimum Gasteiger partial charge on any atom is -0.493 e. The van der Waals surface area contributed by atoms with E-state index in [4.69, 9.17) is 18.9 Å². The topological polar surface area (TPSA) is 66.0 Å². The standard InChI is InChI=1S/C21H27NO5/c1-6-26-17-12-11-15(13-19(17)27-7-2)14(3)22-21(23)16-9-8-10-18(24-4)20(16)25-5/h8-14H,6-7H2,1-5H3,(H,22,23)/t14-/m0/s1. The Labute approximate surface area is 160 Å². The highest BCUT2D eigenvalue weighted by atomic mass is 16.5. The van der Waals surface area contributed by atoms with Crippen LogP contribution in [0.15, 0.2) is 36.4 Å². The number of methoxy groups -OCH3 is 2. The van der Waals surface area contributed by atoms with Crippen LogP contribution >= 0.6 is 0 Å². The Kier molecular flexibility index (Phi) is 7.34. The van der Waals surface area contributed by atoms with Gasteiger partial charge in [-0.2, -0.15) is 0 Å². The van der Waals surface area contributed by atoms with E-state index in [9.17, 15) is 4.79 Å². The van der Waals surface area contributed by atoms with Gasteiger partial charge in [-0.15, -0.1) is 0 Å². The second-order valence-corrected chi connectivity index (χ2v) is 5.81. The first-order valence-electron chi connectivity index (χ1n) is 8.97. The van der Waals surface area contributed by atoms with Gasteiger partial charge in [-0.25, -0.2) is 0 Å². The second kappa shape index (κ2) is 9.71. The molecule has 6 heteroatoms. The molecule has 2 aromatic carbocycles. The van der Waals surface area contributed by atoms with Crippen LogP contribution in [0.4, 0.5) is 0 Å². The van der Waals surface area contributed by atoms with Crippen molar-refractivity contribution in [3.8, 4) is 23.0 Å². The average molecular weight is 373 g/mol. The first-order chi connectivity index (χ1) is 13.0. The van der Waals surface area contributed by atoms with Crippen LogP contribution in [0.25, 0.3) is 0 Å². The van der Waals surface area contributed by atoms with E-state index in [0.29, 0.717) is 41.8 Å². The fraction of sp³-hybridized carbons (Fsp3) is 0.381. The van der Waals surface area contributed by atoms with Crippen LogP contribution in [0.3, 0.4) is 0 Å². The predicted octanol–water partition coefficient (Wildman–Crippen LogP) is 3.99. The molecule has 0 aromatic heterocycles. The van der Waals surface area contributed by atoms with Crippen LogP contribution < -0.4 is 24.3 Å². The van der Waals surface area contributed by atoms with E-state index in [0.717, 1.165) is 5.56 Å². The molecule has 2 rings (SSSR count). The van der Waals surface area contributed by atoms with Gasteiger partial charge in [0.05, 0.1) is 39.0 Å². The largest absolute Gasteiger partial charge is 0.493 e. The molecule has 0 saturated heterocycles. The third kappa shape index (κ3) is 4.84. The molecule has 0 unspecified atom stereocenters. The number of para-hydroxylation sites is 1. The number of hydrogen-bond donors (Lipinski definition) is 1. The number of benzene rings is 2. The summed E-state index contributed by atoms with van der Waals surface area (Å²) in [5.41, 5.74) is 1.33. The normalized spacial score (nSPS) is 11.4. The van der Waals surface area contributed by atoms with E-state index in [-0.39, 0.29) is 11.9 Å². The van der Waals surface area contributed by atoms with Gasteiger partial charge in [-0.05, 0) is 50.6 Å². The number of rotatable bonds is 9. The maximum atomic E-state index is 12.8. The van der Waals surface area contributed by atoms with Crippen molar-refractivity contribution in [2.45, 2.75) is 26.8 Å². The molecular weight excluding hydrogens is 346 g/mol. The highest BCUT2D eigenvalue weighted by Crippen LogP contribution is 2.33. The highest BCUT2D eigenvalue weighted by Gasteiger charge is 2.19. The average Bonchev–Trinajstić information content (AvgIpc) is 2.68. The first-order valence-corrected chi connectivity index (χ1v) is 8.97. The fourth-order valence-electron chi connectivity index (χ4n) is 2.76. The van der Waals surface area contributed by atoms with Crippen molar-refractivity contribution in [3.63, 3.8) is 0 Å². The molecule has 0 fully saturated rings. The number of nitrogens with one attached hydrogen (secondary N) is 1. The van der Waals surface area contributed by atoms with E-state index in [1.165, 1.54) is 14.2 Å². The quantitative estimate of drug-likeness (QED) is 0.720. The predicted molar refractivity (Wildman–Crippen MR) is 104 cm³/mol. The van der Waals surface area contributed by atoms with Gasteiger partial charge in [0.15, 0.2) is 23.0 Å². The molecule has 0 spiro atoms. The van der Waals surface area contributed by atoms with Gasteiger partial charge in [-0.1, -0.05) is 12.1 Å². The van der Waals surface area contributed by atoms with Gasteiger partial charge < -0.3 is 24.3 Å². The summed E-state index contributed by atoms with van der Waals surface area (Å²) in [6.07, 6.45) is 0. The van der Waals surface area contributed by atoms with Crippen molar-refractivity contribution < 1.29 is 23.7 Å². The van der Waals surface area contributed by atoms with E-state index >= 15 is 0 Å². The molecule has 2 aromatic rings. The van der Waals surface area contributed by atoms with Gasteiger partial charge in [0, 0.05) is 0 Å². The van der Waals surface area contributed by atoms with Crippen LogP contribution in [-0.4, -0.2) is 33.3 Å². The summed E-state index contributed by atoms with van der Waals surface area (Å²) in [4.78, 5) is 12.8. The minimum absolute atomic E-state index is 0.233. The Morgan fingerprint density at radius 1 is 0.963 bits per heavy atom. The Balaban J connectivity index is 2.23. The summed E-state index contributed by atoms with van der Waals surface area (Å²) < 4.78 is 21.9. The summed E-state index contributed by atoms with van der Waals surface area (Å²) in [6.45, 7) is 6.85. The first kappa shape index (κ1) is 20.4. The number of carbonyl (C=O) groups excluding carboxylic acids is 1. The zero-order valence-corrected chi connectivity index (χ0v) is 16.5. The monoisotopic (exact) mass is 373 g/mol. The molecule has 1 atom stereocenters. The van der Waals surface area contributed by atoms with E-state index in [2.05, 4.69) is 5.32 Å². The minimum atomic E-state index is -0.245. The Hall–Kier alpha value is -2.89. The van der Waals surface area contributed by atoms with E-state index in [1.807, 2.05) is 39.0 Å². The molecule has 0 saturated carbocycles. The molecular formula is C21H27NO5. The number of carbonyl (C=O) groups is 1. The number of amides is 1. The lowest BCUT2D eigenvalue weighted by atomic mass is 10.1. The van der Waals surface area contributed by atoms with Crippen molar-refractivity contribution in [2.75, 3.05) is 27.4 Å². The van der Waals surface area contributed by atoms with Crippen molar-refractivity contribution >= 4 is 5.91 Å². The molecule has 1 N–H and O–H groups in total. The van der Waals surface area contributed by atoms with Gasteiger partial charge in [-0.3, -0.25) is 4.79 Å². The third-order valence-electron chi connectivity index (χ3n) is 4.06. The lowest BCUT2D eigenvalue weighted by Crippen LogP contribution is -2.27. The molecule has 6 nitrogen and oxygen atoms in total. The molecule has 27 heavy (non-hydrogen) atoms.